The predicted molar refractivity (Wildman–Crippen MR) is 74.3 cm³/mol. The van der Waals surface area contributed by atoms with E-state index < -0.39 is 0 Å². The normalized spacial score (nSPS) is 19.5. The molecule has 19 heavy (non-hydrogen) atoms. The number of piperazine rings is 1. The van der Waals surface area contributed by atoms with Gasteiger partial charge < -0.3 is 15.0 Å². The van der Waals surface area contributed by atoms with Crippen LogP contribution in [0.2, 0.25) is 0 Å². The van der Waals surface area contributed by atoms with Crippen LogP contribution in [0.5, 0.6) is 5.75 Å². The van der Waals surface area contributed by atoms with Crippen molar-refractivity contribution in [1.82, 2.24) is 5.32 Å². The van der Waals surface area contributed by atoms with Crippen molar-refractivity contribution in [2.45, 2.75) is 19.3 Å². The standard InChI is InChI=1S/C15H21FN2O/c16-14-11-13(19-10-5-12-1-2-12)3-4-15(14)18-8-6-17-7-9-18/h3-4,11-12,17H,1-2,5-10H2. The van der Waals surface area contributed by atoms with Crippen LogP contribution >= 0.6 is 0 Å². The van der Waals surface area contributed by atoms with Gasteiger partial charge in [-0.05, 0) is 24.5 Å². The van der Waals surface area contributed by atoms with Crippen molar-refractivity contribution in [1.29, 1.82) is 0 Å². The van der Waals surface area contributed by atoms with Crippen molar-refractivity contribution in [2.24, 2.45) is 5.92 Å². The third kappa shape index (κ3) is 3.38. The second-order valence-electron chi connectivity index (χ2n) is 5.43. The van der Waals surface area contributed by atoms with Crippen LogP contribution in [0, 0.1) is 11.7 Å². The number of hydrogen-bond acceptors (Lipinski definition) is 3. The van der Waals surface area contributed by atoms with Crippen LogP contribution in [0.15, 0.2) is 18.2 Å². The summed E-state index contributed by atoms with van der Waals surface area (Å²) in [6, 6.07) is 5.24. The fraction of sp³-hybridized carbons (Fsp3) is 0.600. The Morgan fingerprint density at radius 1 is 1.26 bits per heavy atom. The lowest BCUT2D eigenvalue weighted by Crippen LogP contribution is -2.43. The zero-order chi connectivity index (χ0) is 13.1. The summed E-state index contributed by atoms with van der Waals surface area (Å²) in [5, 5.41) is 3.27. The minimum absolute atomic E-state index is 0.175. The van der Waals surface area contributed by atoms with Gasteiger partial charge >= 0.3 is 0 Å². The van der Waals surface area contributed by atoms with Crippen molar-refractivity contribution >= 4 is 5.69 Å². The maximum Gasteiger partial charge on any atom is 0.150 e. The van der Waals surface area contributed by atoms with E-state index in [1.165, 1.54) is 18.9 Å². The highest BCUT2D eigenvalue weighted by molar-refractivity contribution is 5.51. The smallest absolute Gasteiger partial charge is 0.150 e. The highest BCUT2D eigenvalue weighted by atomic mass is 19.1. The van der Waals surface area contributed by atoms with Gasteiger partial charge in [-0.1, -0.05) is 12.8 Å². The number of ether oxygens (including phenoxy) is 1. The molecule has 104 valence electrons. The third-order valence-electron chi connectivity index (χ3n) is 3.87. The Morgan fingerprint density at radius 2 is 2.05 bits per heavy atom. The van der Waals surface area contributed by atoms with E-state index >= 15 is 0 Å². The van der Waals surface area contributed by atoms with Gasteiger partial charge in [0, 0.05) is 32.2 Å². The van der Waals surface area contributed by atoms with E-state index in [-0.39, 0.29) is 5.82 Å². The zero-order valence-corrected chi connectivity index (χ0v) is 11.2. The van der Waals surface area contributed by atoms with Crippen LogP contribution in [0.3, 0.4) is 0 Å². The van der Waals surface area contributed by atoms with Gasteiger partial charge in [0.25, 0.3) is 0 Å². The number of halogens is 1. The Labute approximate surface area is 113 Å². The number of nitrogens with one attached hydrogen (secondary N) is 1. The largest absolute Gasteiger partial charge is 0.493 e. The third-order valence-corrected chi connectivity index (χ3v) is 3.87. The first-order chi connectivity index (χ1) is 9.33. The van der Waals surface area contributed by atoms with Crippen LogP contribution in [-0.4, -0.2) is 32.8 Å². The molecule has 1 saturated carbocycles. The number of benzene rings is 1. The van der Waals surface area contributed by atoms with Crippen molar-refractivity contribution in [2.75, 3.05) is 37.7 Å². The van der Waals surface area contributed by atoms with Gasteiger partial charge in [-0.2, -0.15) is 0 Å². The topological polar surface area (TPSA) is 24.5 Å². The van der Waals surface area contributed by atoms with E-state index in [2.05, 4.69) is 10.2 Å². The minimum atomic E-state index is -0.175. The highest BCUT2D eigenvalue weighted by Gasteiger charge is 2.21. The molecule has 0 spiro atoms. The van der Waals surface area contributed by atoms with Gasteiger partial charge in [0.05, 0.1) is 12.3 Å². The van der Waals surface area contributed by atoms with Crippen LogP contribution in [0.25, 0.3) is 0 Å². The van der Waals surface area contributed by atoms with Gasteiger partial charge in [-0.15, -0.1) is 0 Å². The lowest BCUT2D eigenvalue weighted by Gasteiger charge is -2.29. The van der Waals surface area contributed by atoms with Crippen molar-refractivity contribution < 1.29 is 9.13 Å². The fourth-order valence-electron chi connectivity index (χ4n) is 2.49. The molecule has 1 aliphatic carbocycles. The van der Waals surface area contributed by atoms with Crippen LogP contribution in [0.4, 0.5) is 10.1 Å². The second kappa shape index (κ2) is 5.78. The number of hydrogen-bond donors (Lipinski definition) is 1. The molecule has 1 saturated heterocycles. The van der Waals surface area contributed by atoms with E-state index in [1.54, 1.807) is 0 Å². The van der Waals surface area contributed by atoms with Gasteiger partial charge in [0.1, 0.15) is 11.6 Å². The summed E-state index contributed by atoms with van der Waals surface area (Å²) in [6.07, 6.45) is 3.76. The SMILES string of the molecule is Fc1cc(OCCC2CC2)ccc1N1CCNCC1. The Kier molecular flexibility index (Phi) is 3.87. The predicted octanol–water partition coefficient (Wildman–Crippen LogP) is 2.41. The maximum atomic E-state index is 14.1. The molecule has 0 aromatic heterocycles. The molecule has 0 radical (unpaired) electrons. The number of rotatable bonds is 5. The molecule has 1 N–H and O–H groups in total. The van der Waals surface area contributed by atoms with E-state index in [1.807, 2.05) is 12.1 Å². The zero-order valence-electron chi connectivity index (χ0n) is 11.2. The molecule has 0 amide bonds. The first-order valence-electron chi connectivity index (χ1n) is 7.21. The number of nitrogens with zero attached hydrogens (tertiary/aromatic N) is 1. The summed E-state index contributed by atoms with van der Waals surface area (Å²) in [7, 11) is 0. The Balaban J connectivity index is 1.59. The van der Waals surface area contributed by atoms with Crippen molar-refractivity contribution in [3.8, 4) is 5.75 Å². The summed E-state index contributed by atoms with van der Waals surface area (Å²) in [5.74, 6) is 1.33. The molecule has 0 atom stereocenters. The van der Waals surface area contributed by atoms with Crippen LogP contribution in [0.1, 0.15) is 19.3 Å². The molecular weight excluding hydrogens is 243 g/mol. The fourth-order valence-corrected chi connectivity index (χ4v) is 2.49. The van der Waals surface area contributed by atoms with Crippen LogP contribution in [-0.2, 0) is 0 Å². The lowest BCUT2D eigenvalue weighted by molar-refractivity contribution is 0.301. The molecule has 1 aliphatic heterocycles. The van der Waals surface area contributed by atoms with Crippen LogP contribution < -0.4 is 15.0 Å². The molecule has 1 heterocycles. The highest BCUT2D eigenvalue weighted by Crippen LogP contribution is 2.32. The summed E-state index contributed by atoms with van der Waals surface area (Å²) >= 11 is 0. The monoisotopic (exact) mass is 264 g/mol. The lowest BCUT2D eigenvalue weighted by atomic mass is 10.2. The molecule has 2 aliphatic rings. The summed E-state index contributed by atoms with van der Waals surface area (Å²) in [4.78, 5) is 2.08. The first kappa shape index (κ1) is 12.7. The summed E-state index contributed by atoms with van der Waals surface area (Å²) in [5.41, 5.74) is 0.691. The van der Waals surface area contributed by atoms with E-state index in [9.17, 15) is 4.39 Å². The molecule has 0 unspecified atom stereocenters. The molecule has 2 fully saturated rings. The molecule has 0 bridgehead atoms. The average Bonchev–Trinajstić information content (AvgIpc) is 3.24. The van der Waals surface area contributed by atoms with E-state index in [0.29, 0.717) is 18.0 Å². The molecule has 1 aromatic rings. The summed E-state index contributed by atoms with van der Waals surface area (Å²) < 4.78 is 19.7. The van der Waals surface area contributed by atoms with E-state index in [0.717, 1.165) is 38.5 Å². The molecule has 1 aromatic carbocycles. The minimum Gasteiger partial charge on any atom is -0.493 e. The summed E-state index contributed by atoms with van der Waals surface area (Å²) in [6.45, 7) is 4.26. The second-order valence-corrected chi connectivity index (χ2v) is 5.43. The maximum absolute atomic E-state index is 14.1. The molecule has 3 nitrogen and oxygen atoms in total. The Hall–Kier alpha value is -1.29. The molecule has 4 heteroatoms. The molecule has 3 rings (SSSR count). The van der Waals surface area contributed by atoms with Crippen molar-refractivity contribution in [3.05, 3.63) is 24.0 Å². The Bertz CT molecular complexity index is 428. The van der Waals surface area contributed by atoms with Gasteiger partial charge in [0.2, 0.25) is 0 Å². The Morgan fingerprint density at radius 3 is 2.74 bits per heavy atom. The number of anilines is 1. The van der Waals surface area contributed by atoms with Gasteiger partial charge in [-0.3, -0.25) is 0 Å². The van der Waals surface area contributed by atoms with Gasteiger partial charge in [-0.25, -0.2) is 4.39 Å². The average molecular weight is 264 g/mol. The first-order valence-corrected chi connectivity index (χ1v) is 7.21. The van der Waals surface area contributed by atoms with E-state index in [4.69, 9.17) is 4.74 Å². The molecular formula is C15H21FN2O. The quantitative estimate of drug-likeness (QED) is 0.884. The van der Waals surface area contributed by atoms with Crippen molar-refractivity contribution in [3.63, 3.8) is 0 Å². The van der Waals surface area contributed by atoms with Gasteiger partial charge in [0.15, 0.2) is 0 Å².